The molecular formula is C21H19NS. The first-order valence-electron chi connectivity index (χ1n) is 7.97. The van der Waals surface area contributed by atoms with Gasteiger partial charge in [-0.1, -0.05) is 50.2 Å². The topological polar surface area (TPSA) is 23.8 Å². The number of aryl methyl sites for hydroxylation is 2. The predicted molar refractivity (Wildman–Crippen MR) is 101 cm³/mol. The van der Waals surface area contributed by atoms with Crippen molar-refractivity contribution in [3.05, 3.63) is 69.4 Å². The van der Waals surface area contributed by atoms with Gasteiger partial charge in [0.2, 0.25) is 0 Å². The van der Waals surface area contributed by atoms with Crippen LogP contribution in [0.15, 0.2) is 48.5 Å². The van der Waals surface area contributed by atoms with Crippen LogP contribution in [0.25, 0.3) is 22.4 Å². The van der Waals surface area contributed by atoms with Gasteiger partial charge in [0.15, 0.2) is 0 Å². The number of fused-ring (bicyclic) bond motifs is 1. The molecule has 0 aliphatic carbocycles. The Balaban J connectivity index is 2.07. The maximum absolute atomic E-state index is 9.63. The molecule has 0 unspecified atom stereocenters. The molecule has 0 bridgehead atoms. The van der Waals surface area contributed by atoms with Crippen LogP contribution in [0.4, 0.5) is 0 Å². The van der Waals surface area contributed by atoms with Crippen molar-refractivity contribution < 1.29 is 0 Å². The van der Waals surface area contributed by atoms with Crippen molar-refractivity contribution in [2.45, 2.75) is 26.7 Å². The normalized spacial score (nSPS) is 11.6. The second kappa shape index (κ2) is 6.81. The Labute approximate surface area is 141 Å². The minimum atomic E-state index is 0.728. The summed E-state index contributed by atoms with van der Waals surface area (Å²) >= 11 is 1.86. The van der Waals surface area contributed by atoms with E-state index in [1.54, 1.807) is 0 Å². The quantitative estimate of drug-likeness (QED) is 0.534. The molecule has 3 rings (SSSR count). The summed E-state index contributed by atoms with van der Waals surface area (Å²) < 4.78 is 0. The molecule has 0 radical (unpaired) electrons. The Kier molecular flexibility index (Phi) is 4.60. The van der Waals surface area contributed by atoms with Crippen molar-refractivity contribution in [3.63, 3.8) is 0 Å². The lowest BCUT2D eigenvalue weighted by molar-refractivity contribution is 1.18. The smallest absolute Gasteiger partial charge is 0.0998 e. The number of nitriles is 1. The van der Waals surface area contributed by atoms with Gasteiger partial charge in [0.1, 0.15) is 0 Å². The van der Waals surface area contributed by atoms with Crippen molar-refractivity contribution >= 4 is 33.8 Å². The second-order valence-electron chi connectivity index (χ2n) is 5.53. The molecule has 0 fully saturated rings. The summed E-state index contributed by atoms with van der Waals surface area (Å²) in [4.78, 5) is 2.74. The molecule has 0 atom stereocenters. The molecule has 1 nitrogen and oxygen atoms in total. The molecule has 23 heavy (non-hydrogen) atoms. The van der Waals surface area contributed by atoms with E-state index in [9.17, 15) is 5.26 Å². The second-order valence-corrected chi connectivity index (χ2v) is 6.75. The maximum atomic E-state index is 9.63. The molecule has 0 saturated heterocycles. The van der Waals surface area contributed by atoms with Crippen molar-refractivity contribution in [1.29, 1.82) is 5.26 Å². The largest absolute Gasteiger partial charge is 0.192 e. The van der Waals surface area contributed by atoms with Crippen LogP contribution in [-0.4, -0.2) is 0 Å². The van der Waals surface area contributed by atoms with Crippen LogP contribution in [0, 0.1) is 11.3 Å². The van der Waals surface area contributed by atoms with Gasteiger partial charge in [-0.2, -0.15) is 5.26 Å². The standard InChI is InChI=1S/C21H19NS/c1-3-20-13-18(21(4-2)23-20)12-19(14-22)17-10-9-15-7-5-6-8-16(15)11-17/h5-13H,3-4H2,1-2H3/b19-12+. The van der Waals surface area contributed by atoms with Gasteiger partial charge in [0.05, 0.1) is 11.6 Å². The van der Waals surface area contributed by atoms with Gasteiger partial charge in [0, 0.05) is 9.75 Å². The minimum absolute atomic E-state index is 0.728. The predicted octanol–water partition coefficient (Wildman–Crippen LogP) is 6.09. The van der Waals surface area contributed by atoms with Gasteiger partial charge in [0.25, 0.3) is 0 Å². The molecule has 0 saturated carbocycles. The number of thiophene rings is 1. The first-order chi connectivity index (χ1) is 11.2. The van der Waals surface area contributed by atoms with E-state index in [0.717, 1.165) is 24.0 Å². The third-order valence-corrected chi connectivity index (χ3v) is 5.48. The third kappa shape index (κ3) is 3.21. The fourth-order valence-electron chi connectivity index (χ4n) is 2.77. The zero-order valence-electron chi connectivity index (χ0n) is 13.5. The Bertz CT molecular complexity index is 909. The Morgan fingerprint density at radius 2 is 1.83 bits per heavy atom. The van der Waals surface area contributed by atoms with Crippen LogP contribution in [0.3, 0.4) is 0 Å². The number of allylic oxidation sites excluding steroid dienone is 1. The highest BCUT2D eigenvalue weighted by Gasteiger charge is 2.08. The zero-order valence-corrected chi connectivity index (χ0v) is 14.3. The molecule has 0 spiro atoms. The molecule has 0 aliphatic heterocycles. The molecule has 1 aromatic heterocycles. The summed E-state index contributed by atoms with van der Waals surface area (Å²) in [5, 5.41) is 12.0. The number of benzene rings is 2. The third-order valence-electron chi connectivity index (χ3n) is 4.04. The molecule has 0 amide bonds. The van der Waals surface area contributed by atoms with Crippen LogP contribution in [0.5, 0.6) is 0 Å². The number of hydrogen-bond donors (Lipinski definition) is 0. The maximum Gasteiger partial charge on any atom is 0.0998 e. The van der Waals surface area contributed by atoms with E-state index in [4.69, 9.17) is 0 Å². The summed E-state index contributed by atoms with van der Waals surface area (Å²) in [6.45, 7) is 4.35. The SMILES string of the molecule is CCc1cc(/C=C(\C#N)c2ccc3ccccc3c2)c(CC)s1. The number of nitrogens with zero attached hydrogens (tertiary/aromatic N) is 1. The number of hydrogen-bond acceptors (Lipinski definition) is 2. The van der Waals surface area contributed by atoms with Crippen molar-refractivity contribution in [3.8, 4) is 6.07 Å². The van der Waals surface area contributed by atoms with Crippen LogP contribution < -0.4 is 0 Å². The van der Waals surface area contributed by atoms with Crippen LogP contribution in [0.1, 0.15) is 34.7 Å². The zero-order chi connectivity index (χ0) is 16.2. The average molecular weight is 317 g/mol. The lowest BCUT2D eigenvalue weighted by Crippen LogP contribution is -1.84. The first-order valence-corrected chi connectivity index (χ1v) is 8.79. The van der Waals surface area contributed by atoms with E-state index < -0.39 is 0 Å². The Morgan fingerprint density at radius 1 is 1.04 bits per heavy atom. The van der Waals surface area contributed by atoms with Crippen LogP contribution in [-0.2, 0) is 12.8 Å². The van der Waals surface area contributed by atoms with Crippen molar-refractivity contribution in [2.75, 3.05) is 0 Å². The highest BCUT2D eigenvalue weighted by molar-refractivity contribution is 7.12. The first kappa shape index (κ1) is 15.5. The van der Waals surface area contributed by atoms with Crippen LogP contribution in [0.2, 0.25) is 0 Å². The van der Waals surface area contributed by atoms with Gasteiger partial charge < -0.3 is 0 Å². The van der Waals surface area contributed by atoms with Gasteiger partial charge in [-0.25, -0.2) is 0 Å². The summed E-state index contributed by atoms with van der Waals surface area (Å²) in [5.41, 5.74) is 2.91. The minimum Gasteiger partial charge on any atom is -0.192 e. The van der Waals surface area contributed by atoms with E-state index in [2.05, 4.69) is 50.2 Å². The van der Waals surface area contributed by atoms with E-state index in [-0.39, 0.29) is 0 Å². The summed E-state index contributed by atoms with van der Waals surface area (Å²) in [6.07, 6.45) is 4.09. The fraction of sp³-hybridized carbons (Fsp3) is 0.190. The Hall–Kier alpha value is -2.37. The summed E-state index contributed by atoms with van der Waals surface area (Å²) in [7, 11) is 0. The highest BCUT2D eigenvalue weighted by atomic mass is 32.1. The van der Waals surface area contributed by atoms with E-state index in [1.165, 1.54) is 26.1 Å². The lowest BCUT2D eigenvalue weighted by atomic mass is 10.00. The van der Waals surface area contributed by atoms with Gasteiger partial charge in [-0.15, -0.1) is 11.3 Å². The van der Waals surface area contributed by atoms with E-state index in [1.807, 2.05) is 35.6 Å². The molecule has 114 valence electrons. The molecule has 1 heterocycles. The average Bonchev–Trinajstić information content (AvgIpc) is 3.01. The number of rotatable bonds is 4. The van der Waals surface area contributed by atoms with E-state index >= 15 is 0 Å². The molecular weight excluding hydrogens is 298 g/mol. The monoisotopic (exact) mass is 317 g/mol. The van der Waals surface area contributed by atoms with Gasteiger partial charge >= 0.3 is 0 Å². The van der Waals surface area contributed by atoms with Gasteiger partial charge in [-0.05, 0) is 52.9 Å². The van der Waals surface area contributed by atoms with Crippen molar-refractivity contribution in [1.82, 2.24) is 0 Å². The summed E-state index contributed by atoms with van der Waals surface area (Å²) in [5.74, 6) is 0. The van der Waals surface area contributed by atoms with Crippen molar-refractivity contribution in [2.24, 2.45) is 0 Å². The van der Waals surface area contributed by atoms with Gasteiger partial charge in [-0.3, -0.25) is 0 Å². The highest BCUT2D eigenvalue weighted by Crippen LogP contribution is 2.28. The van der Waals surface area contributed by atoms with Crippen LogP contribution >= 0.6 is 11.3 Å². The molecule has 0 N–H and O–H groups in total. The molecule has 0 aliphatic rings. The lowest BCUT2D eigenvalue weighted by Gasteiger charge is -2.03. The molecule has 2 aromatic carbocycles. The summed E-state index contributed by atoms with van der Waals surface area (Å²) in [6, 6.07) is 19.1. The Morgan fingerprint density at radius 3 is 2.52 bits per heavy atom. The van der Waals surface area contributed by atoms with E-state index in [0.29, 0.717) is 0 Å². The molecule has 3 aromatic rings. The molecule has 2 heteroatoms. The fourth-order valence-corrected chi connectivity index (χ4v) is 3.79.